The summed E-state index contributed by atoms with van der Waals surface area (Å²) in [6.45, 7) is 0. The molecule has 2 aromatic rings. The van der Waals surface area contributed by atoms with Crippen LogP contribution < -0.4 is 5.32 Å². The Morgan fingerprint density at radius 2 is 1.70 bits per heavy atom. The van der Waals surface area contributed by atoms with Gasteiger partial charge in [-0.05, 0) is 18.2 Å². The molecule has 1 heterocycles. The number of Topliss-reactive ketones (excluding diaryl/α,β-unsaturated/α-hetero) is 1. The van der Waals surface area contributed by atoms with Crippen LogP contribution in [-0.4, -0.2) is 10.8 Å². The molecule has 140 valence electrons. The Kier molecular flexibility index (Phi) is 5.54. The highest BCUT2D eigenvalue weighted by Crippen LogP contribution is 2.31. The molecule has 0 aliphatic heterocycles. The molecule has 27 heavy (non-hydrogen) atoms. The van der Waals surface area contributed by atoms with Crippen molar-refractivity contribution >= 4 is 11.5 Å². The average Bonchev–Trinajstić information content (AvgIpc) is 2.61. The summed E-state index contributed by atoms with van der Waals surface area (Å²) in [5, 5.41) is 11.4. The van der Waals surface area contributed by atoms with Crippen LogP contribution in [0.15, 0.2) is 54.5 Å². The van der Waals surface area contributed by atoms with Gasteiger partial charge in [0.15, 0.2) is 0 Å². The highest BCUT2D eigenvalue weighted by atomic mass is 19.4. The van der Waals surface area contributed by atoms with Crippen LogP contribution >= 0.6 is 0 Å². The summed E-state index contributed by atoms with van der Waals surface area (Å²) in [5.41, 5.74) is -3.26. The maximum absolute atomic E-state index is 12.7. The number of nitrogens with zero attached hydrogens (tertiary/aromatic N) is 2. The minimum absolute atomic E-state index is 0.158. The number of nitriles is 1. The molecule has 0 aliphatic rings. The minimum atomic E-state index is -4.67. The standard InChI is InChI=1S/C17H9F6N3O/c18-16(19,20)12-3-1-2-10(4-12)15(27)11(6-24)7-26-14-5-13(8-25-9-14)17(21,22)23/h1-5,7-9,26H/b11-7+. The number of allylic oxidation sites excluding steroid dienone is 1. The van der Waals surface area contributed by atoms with Gasteiger partial charge in [-0.25, -0.2) is 0 Å². The number of pyridine rings is 1. The van der Waals surface area contributed by atoms with Gasteiger partial charge in [-0.15, -0.1) is 0 Å². The zero-order chi connectivity index (χ0) is 20.2. The van der Waals surface area contributed by atoms with E-state index in [-0.39, 0.29) is 11.3 Å². The number of carbonyl (C=O) groups is 1. The van der Waals surface area contributed by atoms with Crippen LogP contribution in [0.4, 0.5) is 32.0 Å². The van der Waals surface area contributed by atoms with Crippen LogP contribution in [0.5, 0.6) is 0 Å². The zero-order valence-electron chi connectivity index (χ0n) is 13.2. The lowest BCUT2D eigenvalue weighted by Gasteiger charge is -2.09. The first-order valence-corrected chi connectivity index (χ1v) is 7.13. The Labute approximate surface area is 148 Å². The normalized spacial score (nSPS) is 12.4. The van der Waals surface area contributed by atoms with Crippen LogP contribution in [0.2, 0.25) is 0 Å². The van der Waals surface area contributed by atoms with E-state index in [0.29, 0.717) is 18.3 Å². The SMILES string of the molecule is N#C/C(=C\Nc1cncc(C(F)(F)F)c1)C(=O)c1cccc(C(F)(F)F)c1. The summed E-state index contributed by atoms with van der Waals surface area (Å²) in [4.78, 5) is 15.6. The fourth-order valence-electron chi connectivity index (χ4n) is 1.97. The Balaban J connectivity index is 2.27. The lowest BCUT2D eigenvalue weighted by atomic mass is 10.0. The van der Waals surface area contributed by atoms with Gasteiger partial charge in [-0.3, -0.25) is 9.78 Å². The molecule has 0 saturated carbocycles. The summed E-state index contributed by atoms with van der Waals surface area (Å²) in [7, 11) is 0. The van der Waals surface area contributed by atoms with Gasteiger partial charge in [-0.1, -0.05) is 12.1 Å². The molecule has 10 heteroatoms. The van der Waals surface area contributed by atoms with Crippen molar-refractivity contribution in [1.29, 1.82) is 5.26 Å². The number of nitrogens with one attached hydrogen (secondary N) is 1. The third-order valence-electron chi connectivity index (χ3n) is 3.27. The molecule has 0 unspecified atom stereocenters. The molecule has 2 rings (SSSR count). The predicted octanol–water partition coefficient (Wildman–Crippen LogP) is 4.82. The molecular weight excluding hydrogens is 376 g/mol. The minimum Gasteiger partial charge on any atom is -0.359 e. The Morgan fingerprint density at radius 3 is 2.30 bits per heavy atom. The lowest BCUT2D eigenvalue weighted by Crippen LogP contribution is -2.09. The fourth-order valence-corrected chi connectivity index (χ4v) is 1.97. The summed E-state index contributed by atoms with van der Waals surface area (Å²) in [5.74, 6) is -1.02. The van der Waals surface area contributed by atoms with E-state index in [0.717, 1.165) is 30.6 Å². The second-order valence-electron chi connectivity index (χ2n) is 5.18. The number of aromatic nitrogens is 1. The zero-order valence-corrected chi connectivity index (χ0v) is 13.2. The summed E-state index contributed by atoms with van der Waals surface area (Å²) in [6.07, 6.45) is -6.89. The summed E-state index contributed by atoms with van der Waals surface area (Å²) >= 11 is 0. The number of ketones is 1. The van der Waals surface area contributed by atoms with Gasteiger partial charge in [0.05, 0.1) is 23.0 Å². The van der Waals surface area contributed by atoms with Crippen LogP contribution in [0.1, 0.15) is 21.5 Å². The first-order valence-electron chi connectivity index (χ1n) is 7.13. The number of hydrogen-bond donors (Lipinski definition) is 1. The molecule has 1 aromatic heterocycles. The first kappa shape index (κ1) is 20.0. The molecule has 0 radical (unpaired) electrons. The molecular formula is C17H9F6N3O. The highest BCUT2D eigenvalue weighted by molar-refractivity contribution is 6.11. The number of anilines is 1. The van der Waals surface area contributed by atoms with Gasteiger partial charge >= 0.3 is 12.4 Å². The molecule has 0 aliphatic carbocycles. The third kappa shape index (κ3) is 5.07. The Bertz CT molecular complexity index is 925. The molecule has 0 saturated heterocycles. The monoisotopic (exact) mass is 385 g/mol. The second kappa shape index (κ2) is 7.49. The fraction of sp³-hybridized carbons (Fsp3) is 0.118. The van der Waals surface area contributed by atoms with Gasteiger partial charge in [0.25, 0.3) is 0 Å². The highest BCUT2D eigenvalue weighted by Gasteiger charge is 2.32. The number of halogens is 6. The molecule has 0 amide bonds. The summed E-state index contributed by atoms with van der Waals surface area (Å²) in [6, 6.07) is 5.65. The van der Waals surface area contributed by atoms with Crippen molar-refractivity contribution < 1.29 is 31.1 Å². The Hall–Kier alpha value is -3.35. The van der Waals surface area contributed by atoms with E-state index in [1.54, 1.807) is 0 Å². The van der Waals surface area contributed by atoms with Gasteiger partial charge < -0.3 is 5.32 Å². The van der Waals surface area contributed by atoms with Crippen molar-refractivity contribution in [2.45, 2.75) is 12.4 Å². The lowest BCUT2D eigenvalue weighted by molar-refractivity contribution is -0.138. The van der Waals surface area contributed by atoms with Crippen LogP contribution in [-0.2, 0) is 12.4 Å². The molecule has 0 spiro atoms. The third-order valence-corrected chi connectivity index (χ3v) is 3.27. The van der Waals surface area contributed by atoms with Crippen LogP contribution in [0.25, 0.3) is 0 Å². The number of benzene rings is 1. The molecule has 4 nitrogen and oxygen atoms in total. The summed E-state index contributed by atoms with van der Waals surface area (Å²) < 4.78 is 76.1. The van der Waals surface area contributed by atoms with E-state index >= 15 is 0 Å². The molecule has 1 N–H and O–H groups in total. The van der Waals surface area contributed by atoms with Crippen molar-refractivity contribution in [1.82, 2.24) is 4.98 Å². The topological polar surface area (TPSA) is 65.8 Å². The molecule has 1 aromatic carbocycles. The van der Waals surface area contributed by atoms with Gasteiger partial charge in [-0.2, -0.15) is 31.6 Å². The van der Waals surface area contributed by atoms with Crippen molar-refractivity contribution in [2.75, 3.05) is 5.32 Å². The van der Waals surface area contributed by atoms with Crippen molar-refractivity contribution in [3.8, 4) is 6.07 Å². The van der Waals surface area contributed by atoms with Crippen molar-refractivity contribution in [2.24, 2.45) is 0 Å². The van der Waals surface area contributed by atoms with Gasteiger partial charge in [0.2, 0.25) is 5.78 Å². The van der Waals surface area contributed by atoms with E-state index in [1.807, 2.05) is 0 Å². The Morgan fingerprint density at radius 1 is 1.04 bits per heavy atom. The molecule has 0 bridgehead atoms. The maximum Gasteiger partial charge on any atom is 0.417 e. The predicted molar refractivity (Wildman–Crippen MR) is 82.3 cm³/mol. The first-order chi connectivity index (χ1) is 12.5. The van der Waals surface area contributed by atoms with Gasteiger partial charge in [0.1, 0.15) is 11.6 Å². The number of rotatable bonds is 4. The van der Waals surface area contributed by atoms with Crippen molar-refractivity contribution in [3.05, 3.63) is 71.2 Å². The van der Waals surface area contributed by atoms with Gasteiger partial charge in [0, 0.05) is 18.0 Å². The van der Waals surface area contributed by atoms with E-state index in [4.69, 9.17) is 5.26 Å². The van der Waals surface area contributed by atoms with E-state index in [1.165, 1.54) is 6.07 Å². The number of alkyl halides is 6. The van der Waals surface area contributed by atoms with Crippen molar-refractivity contribution in [3.63, 3.8) is 0 Å². The largest absolute Gasteiger partial charge is 0.417 e. The molecule has 0 fully saturated rings. The molecule has 0 atom stereocenters. The van der Waals surface area contributed by atoms with Crippen LogP contribution in [0, 0.1) is 11.3 Å². The maximum atomic E-state index is 12.7. The number of hydrogen-bond acceptors (Lipinski definition) is 4. The quantitative estimate of drug-likeness (QED) is 0.355. The number of carbonyl (C=O) groups excluding carboxylic acids is 1. The second-order valence-corrected chi connectivity index (χ2v) is 5.18. The van der Waals surface area contributed by atoms with E-state index in [2.05, 4.69) is 10.3 Å². The van der Waals surface area contributed by atoms with E-state index < -0.39 is 34.8 Å². The average molecular weight is 385 g/mol. The smallest absolute Gasteiger partial charge is 0.359 e. The van der Waals surface area contributed by atoms with Crippen LogP contribution in [0.3, 0.4) is 0 Å². The van der Waals surface area contributed by atoms with E-state index in [9.17, 15) is 31.1 Å².